The average Bonchev–Trinajstić information content (AvgIpc) is 2.91. The van der Waals surface area contributed by atoms with E-state index >= 15 is 0 Å². The molecule has 0 radical (unpaired) electrons. The van der Waals surface area contributed by atoms with Gasteiger partial charge in [-0.2, -0.15) is 5.26 Å². The third-order valence-corrected chi connectivity index (χ3v) is 6.55. The van der Waals surface area contributed by atoms with Crippen molar-refractivity contribution in [2.24, 2.45) is 5.92 Å². The molecule has 0 atom stereocenters. The van der Waals surface area contributed by atoms with Crippen molar-refractivity contribution in [1.82, 2.24) is 4.90 Å². The van der Waals surface area contributed by atoms with Crippen LogP contribution in [0.5, 0.6) is 5.75 Å². The third-order valence-electron chi connectivity index (χ3n) is 6.55. The van der Waals surface area contributed by atoms with E-state index in [9.17, 15) is 14.7 Å². The summed E-state index contributed by atoms with van der Waals surface area (Å²) in [6, 6.07) is 24.0. The second kappa shape index (κ2) is 11.3. The highest BCUT2D eigenvalue weighted by molar-refractivity contribution is 5.90. The molecule has 0 spiro atoms. The summed E-state index contributed by atoms with van der Waals surface area (Å²) in [4.78, 5) is 26.2. The predicted molar refractivity (Wildman–Crippen MR) is 133 cm³/mol. The quantitative estimate of drug-likeness (QED) is 0.492. The lowest BCUT2D eigenvalue weighted by Crippen LogP contribution is -2.41. The van der Waals surface area contributed by atoms with Gasteiger partial charge in [-0.25, -0.2) is 4.79 Å². The highest BCUT2D eigenvalue weighted by atomic mass is 16.5. The van der Waals surface area contributed by atoms with Crippen molar-refractivity contribution in [2.75, 3.05) is 19.7 Å². The van der Waals surface area contributed by atoms with Crippen molar-refractivity contribution in [1.29, 1.82) is 5.26 Å². The Balaban J connectivity index is 1.35. The van der Waals surface area contributed by atoms with E-state index in [1.54, 1.807) is 30.3 Å². The van der Waals surface area contributed by atoms with E-state index in [0.29, 0.717) is 28.4 Å². The van der Waals surface area contributed by atoms with Crippen LogP contribution in [0, 0.1) is 17.2 Å². The molecule has 0 unspecified atom stereocenters. The Morgan fingerprint density at radius 1 is 1.00 bits per heavy atom. The fourth-order valence-electron chi connectivity index (χ4n) is 4.46. The van der Waals surface area contributed by atoms with Gasteiger partial charge in [0.25, 0.3) is 5.91 Å². The molecule has 35 heavy (non-hydrogen) atoms. The number of aromatic carboxylic acids is 1. The molecule has 6 nitrogen and oxygen atoms in total. The van der Waals surface area contributed by atoms with Crippen molar-refractivity contribution >= 4 is 11.9 Å². The molecule has 4 rings (SSSR count). The maximum atomic E-state index is 12.8. The fourth-order valence-corrected chi connectivity index (χ4v) is 4.46. The third kappa shape index (κ3) is 6.27. The van der Waals surface area contributed by atoms with Crippen LogP contribution < -0.4 is 4.74 Å². The van der Waals surface area contributed by atoms with Crippen LogP contribution in [0.15, 0.2) is 72.8 Å². The lowest BCUT2D eigenvalue weighted by Gasteiger charge is -2.32. The molecule has 1 aliphatic rings. The molecule has 1 saturated heterocycles. The number of likely N-dealkylation sites (tertiary alicyclic amines) is 1. The summed E-state index contributed by atoms with van der Waals surface area (Å²) in [6.07, 6.45) is 4.17. The largest absolute Gasteiger partial charge is 0.483 e. The topological polar surface area (TPSA) is 90.6 Å². The van der Waals surface area contributed by atoms with Gasteiger partial charge >= 0.3 is 5.97 Å². The molecule has 0 saturated carbocycles. The number of carbonyl (C=O) groups excluding carboxylic acids is 1. The number of piperidine rings is 1. The monoisotopic (exact) mass is 468 g/mol. The minimum atomic E-state index is -1.04. The van der Waals surface area contributed by atoms with Crippen LogP contribution in [0.2, 0.25) is 0 Å². The minimum Gasteiger partial charge on any atom is -0.483 e. The Bertz CT molecular complexity index is 1210. The molecule has 0 aliphatic carbocycles. The van der Waals surface area contributed by atoms with Gasteiger partial charge in [0, 0.05) is 18.7 Å². The molecular weight excluding hydrogens is 440 g/mol. The Hall–Kier alpha value is -4.11. The minimum absolute atomic E-state index is 0.0698. The van der Waals surface area contributed by atoms with E-state index in [1.807, 2.05) is 11.0 Å². The standard InChI is InChI=1S/C29H28N2O4/c30-19-23-8-10-24(11-9-23)26-18-25(29(33)34)12-13-27(26)35-20-28(32)31-16-14-22(15-17-31)7-6-21-4-2-1-3-5-21/h1-5,8-13,18,22H,6-7,14-17,20H2,(H,33,34). The molecule has 3 aromatic carbocycles. The highest BCUT2D eigenvalue weighted by Crippen LogP contribution is 2.32. The number of carboxylic acid groups (broad SMARTS) is 1. The second-order valence-corrected chi connectivity index (χ2v) is 8.84. The zero-order chi connectivity index (χ0) is 24.6. The summed E-state index contributed by atoms with van der Waals surface area (Å²) in [5, 5.41) is 18.4. The van der Waals surface area contributed by atoms with Crippen molar-refractivity contribution in [3.05, 3.63) is 89.5 Å². The van der Waals surface area contributed by atoms with Gasteiger partial charge in [-0.15, -0.1) is 0 Å². The number of nitrogens with zero attached hydrogens (tertiary/aromatic N) is 2. The van der Waals surface area contributed by atoms with Gasteiger partial charge in [0.15, 0.2) is 6.61 Å². The maximum Gasteiger partial charge on any atom is 0.335 e. The maximum absolute atomic E-state index is 12.8. The van der Waals surface area contributed by atoms with Crippen LogP contribution in [0.1, 0.15) is 40.7 Å². The number of aryl methyl sites for hydroxylation is 1. The zero-order valence-corrected chi connectivity index (χ0v) is 19.5. The summed E-state index contributed by atoms with van der Waals surface area (Å²) in [5.41, 5.74) is 3.27. The van der Waals surface area contributed by atoms with Crippen LogP contribution in [-0.4, -0.2) is 41.6 Å². The van der Waals surface area contributed by atoms with Gasteiger partial charge in [-0.1, -0.05) is 42.5 Å². The summed E-state index contributed by atoms with van der Waals surface area (Å²) in [5.74, 6) is -0.0604. The van der Waals surface area contributed by atoms with Crippen molar-refractivity contribution in [3.8, 4) is 22.9 Å². The van der Waals surface area contributed by atoms with Crippen LogP contribution in [0.25, 0.3) is 11.1 Å². The molecule has 0 bridgehead atoms. The molecule has 178 valence electrons. The lowest BCUT2D eigenvalue weighted by molar-refractivity contribution is -0.134. The van der Waals surface area contributed by atoms with Gasteiger partial charge in [-0.3, -0.25) is 4.79 Å². The number of benzene rings is 3. The van der Waals surface area contributed by atoms with Gasteiger partial charge in [0.2, 0.25) is 0 Å². The SMILES string of the molecule is N#Cc1ccc(-c2cc(C(=O)O)ccc2OCC(=O)N2CCC(CCc3ccccc3)CC2)cc1. The number of carbonyl (C=O) groups is 2. The van der Waals surface area contributed by atoms with Gasteiger partial charge in [0.1, 0.15) is 5.75 Å². The molecule has 0 aromatic heterocycles. The summed E-state index contributed by atoms with van der Waals surface area (Å²) >= 11 is 0. The number of rotatable bonds is 8. The summed E-state index contributed by atoms with van der Waals surface area (Å²) in [7, 11) is 0. The second-order valence-electron chi connectivity index (χ2n) is 8.84. The first-order valence-corrected chi connectivity index (χ1v) is 11.9. The summed E-state index contributed by atoms with van der Waals surface area (Å²) in [6.45, 7) is 1.34. The average molecular weight is 469 g/mol. The first-order chi connectivity index (χ1) is 17.0. The van der Waals surface area contributed by atoms with E-state index in [1.165, 1.54) is 17.7 Å². The Morgan fingerprint density at radius 3 is 2.37 bits per heavy atom. The van der Waals surface area contributed by atoms with E-state index in [-0.39, 0.29) is 18.1 Å². The van der Waals surface area contributed by atoms with Crippen LogP contribution in [0.3, 0.4) is 0 Å². The molecule has 1 amide bonds. The highest BCUT2D eigenvalue weighted by Gasteiger charge is 2.23. The number of amides is 1. The molecule has 6 heteroatoms. The van der Waals surface area contributed by atoms with Crippen molar-refractivity contribution in [3.63, 3.8) is 0 Å². The first kappa shape index (κ1) is 24.0. The number of hydrogen-bond donors (Lipinski definition) is 1. The zero-order valence-electron chi connectivity index (χ0n) is 19.5. The van der Waals surface area contributed by atoms with Crippen molar-refractivity contribution in [2.45, 2.75) is 25.7 Å². The van der Waals surface area contributed by atoms with Crippen LogP contribution in [0.4, 0.5) is 0 Å². The number of nitriles is 1. The van der Waals surface area contributed by atoms with Gasteiger partial charge in [-0.05, 0) is 73.1 Å². The normalized spacial score (nSPS) is 13.7. The Morgan fingerprint density at radius 2 is 1.71 bits per heavy atom. The smallest absolute Gasteiger partial charge is 0.335 e. The Kier molecular flexibility index (Phi) is 7.79. The molecule has 1 aliphatic heterocycles. The van der Waals surface area contributed by atoms with Gasteiger partial charge in [0.05, 0.1) is 17.2 Å². The lowest BCUT2D eigenvalue weighted by atomic mass is 9.90. The van der Waals surface area contributed by atoms with Gasteiger partial charge < -0.3 is 14.7 Å². The molecular formula is C29H28N2O4. The Labute approximate surface area is 205 Å². The van der Waals surface area contributed by atoms with E-state index in [4.69, 9.17) is 10.00 Å². The first-order valence-electron chi connectivity index (χ1n) is 11.9. The number of carboxylic acids is 1. The number of ether oxygens (including phenoxy) is 1. The van der Waals surface area contributed by atoms with E-state index in [0.717, 1.165) is 38.8 Å². The predicted octanol–water partition coefficient (Wildman–Crippen LogP) is 5.17. The molecule has 1 fully saturated rings. The summed E-state index contributed by atoms with van der Waals surface area (Å²) < 4.78 is 5.88. The van der Waals surface area contributed by atoms with Crippen LogP contribution in [-0.2, 0) is 11.2 Å². The van der Waals surface area contributed by atoms with Crippen molar-refractivity contribution < 1.29 is 19.4 Å². The van der Waals surface area contributed by atoms with Crippen LogP contribution >= 0.6 is 0 Å². The number of hydrogen-bond acceptors (Lipinski definition) is 4. The molecule has 1 heterocycles. The molecule has 1 N–H and O–H groups in total. The van der Waals surface area contributed by atoms with E-state index in [2.05, 4.69) is 30.3 Å². The van der Waals surface area contributed by atoms with E-state index < -0.39 is 5.97 Å². The fraction of sp³-hybridized carbons (Fsp3) is 0.276. The molecule has 3 aromatic rings.